The van der Waals surface area contributed by atoms with Crippen LogP contribution >= 0.6 is 0 Å². The van der Waals surface area contributed by atoms with Gasteiger partial charge in [-0.1, -0.05) is 6.92 Å². The molecule has 4 bridgehead atoms. The summed E-state index contributed by atoms with van der Waals surface area (Å²) in [7, 11) is 0. The Morgan fingerprint density at radius 1 is 1.14 bits per heavy atom. The topological polar surface area (TPSA) is 46.3 Å². The lowest BCUT2D eigenvalue weighted by Gasteiger charge is -2.57. The molecule has 0 aromatic heterocycles. The summed E-state index contributed by atoms with van der Waals surface area (Å²) in [6.45, 7) is 3.82. The lowest BCUT2D eigenvalue weighted by Crippen LogP contribution is -2.50. The molecule has 3 heteroatoms. The van der Waals surface area contributed by atoms with Gasteiger partial charge in [-0.2, -0.15) is 0 Å². The van der Waals surface area contributed by atoms with Crippen molar-refractivity contribution in [3.05, 3.63) is 0 Å². The summed E-state index contributed by atoms with van der Waals surface area (Å²) in [6.07, 6.45) is 10.3. The van der Waals surface area contributed by atoms with Crippen molar-refractivity contribution in [3.63, 3.8) is 0 Å². The quantitative estimate of drug-likeness (QED) is 0.869. The third kappa shape index (κ3) is 2.32. The zero-order valence-corrected chi connectivity index (χ0v) is 13.4. The lowest BCUT2D eigenvalue weighted by atomic mass is 9.49. The highest BCUT2D eigenvalue weighted by Crippen LogP contribution is 2.61. The largest absolute Gasteiger partial charge is 0.338 e. The average Bonchev–Trinajstić information content (AvgIpc) is 2.77. The Bertz CT molecular complexity index is 398. The molecule has 4 saturated carbocycles. The van der Waals surface area contributed by atoms with Crippen molar-refractivity contribution in [3.8, 4) is 0 Å². The van der Waals surface area contributed by atoms with Crippen LogP contribution < -0.4 is 5.73 Å². The minimum absolute atomic E-state index is 0.298. The molecule has 2 N–H and O–H groups in total. The van der Waals surface area contributed by atoms with E-state index in [1.54, 1.807) is 0 Å². The Balaban J connectivity index is 1.47. The zero-order valence-electron chi connectivity index (χ0n) is 13.4. The van der Waals surface area contributed by atoms with E-state index < -0.39 is 0 Å². The molecule has 1 aliphatic heterocycles. The second-order valence-electron chi connectivity index (χ2n) is 8.75. The van der Waals surface area contributed by atoms with Crippen molar-refractivity contribution in [2.75, 3.05) is 13.1 Å². The van der Waals surface area contributed by atoms with Gasteiger partial charge in [0.2, 0.25) is 5.91 Å². The Morgan fingerprint density at radius 3 is 2.24 bits per heavy atom. The van der Waals surface area contributed by atoms with Gasteiger partial charge < -0.3 is 10.6 Å². The number of hydrogen-bond acceptors (Lipinski definition) is 2. The molecular formula is C18H30N2O. The van der Waals surface area contributed by atoms with Gasteiger partial charge in [0, 0.05) is 25.6 Å². The maximum Gasteiger partial charge on any atom is 0.223 e. The van der Waals surface area contributed by atoms with Gasteiger partial charge in [0.05, 0.1) is 0 Å². The van der Waals surface area contributed by atoms with Gasteiger partial charge >= 0.3 is 0 Å². The second kappa shape index (κ2) is 4.97. The average molecular weight is 290 g/mol. The molecule has 5 aliphatic rings. The SMILES string of the molecule is CC1CCN(C(=O)CC23CC4CC(CC(C4)C2)C3)C1CN. The lowest BCUT2D eigenvalue weighted by molar-refractivity contribution is -0.140. The molecule has 3 nitrogen and oxygen atoms in total. The standard InChI is InChI=1S/C18H30N2O/c1-12-2-3-20(16(12)11-19)17(21)10-18-7-13-4-14(8-18)6-15(5-13)9-18/h12-16H,2-11,19H2,1H3. The predicted octanol–water partition coefficient (Wildman–Crippen LogP) is 2.79. The maximum absolute atomic E-state index is 12.9. The van der Waals surface area contributed by atoms with E-state index in [-0.39, 0.29) is 0 Å². The summed E-state index contributed by atoms with van der Waals surface area (Å²) in [4.78, 5) is 15.0. The van der Waals surface area contributed by atoms with E-state index in [9.17, 15) is 4.79 Å². The van der Waals surface area contributed by atoms with E-state index in [4.69, 9.17) is 5.73 Å². The van der Waals surface area contributed by atoms with E-state index in [1.165, 1.54) is 38.5 Å². The summed E-state index contributed by atoms with van der Waals surface area (Å²) < 4.78 is 0. The first-order chi connectivity index (χ1) is 10.1. The number of nitrogens with two attached hydrogens (primary N) is 1. The van der Waals surface area contributed by atoms with Crippen LogP contribution in [0.5, 0.6) is 0 Å². The van der Waals surface area contributed by atoms with Crippen LogP contribution in [0.4, 0.5) is 0 Å². The van der Waals surface area contributed by atoms with Gasteiger partial charge in [0.1, 0.15) is 0 Å². The van der Waals surface area contributed by atoms with Crippen LogP contribution in [0.3, 0.4) is 0 Å². The van der Waals surface area contributed by atoms with Crippen molar-refractivity contribution in [1.29, 1.82) is 0 Å². The summed E-state index contributed by atoms with van der Waals surface area (Å²) in [6, 6.07) is 0.298. The van der Waals surface area contributed by atoms with Gasteiger partial charge in [-0.25, -0.2) is 0 Å². The first-order valence-corrected chi connectivity index (χ1v) is 9.08. The number of likely N-dealkylation sites (tertiary alicyclic amines) is 1. The van der Waals surface area contributed by atoms with Gasteiger partial charge in [-0.15, -0.1) is 0 Å². The molecule has 118 valence electrons. The molecule has 1 heterocycles. The van der Waals surface area contributed by atoms with E-state index in [0.29, 0.717) is 29.8 Å². The smallest absolute Gasteiger partial charge is 0.223 e. The minimum Gasteiger partial charge on any atom is -0.338 e. The first kappa shape index (κ1) is 14.0. The number of carbonyl (C=O) groups is 1. The van der Waals surface area contributed by atoms with Crippen LogP contribution in [0.2, 0.25) is 0 Å². The third-order valence-electron chi connectivity index (χ3n) is 7.14. The number of rotatable bonds is 3. The fraction of sp³-hybridized carbons (Fsp3) is 0.944. The highest BCUT2D eigenvalue weighted by Gasteiger charge is 2.52. The van der Waals surface area contributed by atoms with Crippen LogP contribution in [-0.2, 0) is 4.79 Å². The molecule has 1 saturated heterocycles. The van der Waals surface area contributed by atoms with Crippen LogP contribution in [0.15, 0.2) is 0 Å². The monoisotopic (exact) mass is 290 g/mol. The number of amides is 1. The summed E-state index contributed by atoms with van der Waals surface area (Å²) >= 11 is 0. The molecule has 5 rings (SSSR count). The minimum atomic E-state index is 0.298. The molecule has 0 aromatic carbocycles. The van der Waals surface area contributed by atoms with E-state index >= 15 is 0 Å². The van der Waals surface area contributed by atoms with Crippen LogP contribution in [-0.4, -0.2) is 29.9 Å². The normalized spacial score (nSPS) is 48.1. The Hall–Kier alpha value is -0.570. The summed E-state index contributed by atoms with van der Waals surface area (Å²) in [5.74, 6) is 3.80. The van der Waals surface area contributed by atoms with Crippen LogP contribution in [0.1, 0.15) is 58.3 Å². The molecule has 5 fully saturated rings. The van der Waals surface area contributed by atoms with Gasteiger partial charge in [-0.3, -0.25) is 4.79 Å². The van der Waals surface area contributed by atoms with Crippen molar-refractivity contribution in [2.45, 2.75) is 64.3 Å². The highest BCUT2D eigenvalue weighted by molar-refractivity contribution is 5.77. The van der Waals surface area contributed by atoms with Crippen molar-refractivity contribution < 1.29 is 4.79 Å². The maximum atomic E-state index is 12.9. The Morgan fingerprint density at radius 2 is 1.71 bits per heavy atom. The Labute approximate surface area is 128 Å². The Kier molecular flexibility index (Phi) is 3.33. The molecule has 4 aliphatic carbocycles. The summed E-state index contributed by atoms with van der Waals surface area (Å²) in [5.41, 5.74) is 6.29. The van der Waals surface area contributed by atoms with Gasteiger partial charge in [-0.05, 0) is 74.0 Å². The fourth-order valence-electron chi connectivity index (χ4n) is 6.61. The highest BCUT2D eigenvalue weighted by atomic mass is 16.2. The van der Waals surface area contributed by atoms with Crippen LogP contribution in [0, 0.1) is 29.1 Å². The molecule has 0 spiro atoms. The number of nitrogens with zero attached hydrogens (tertiary/aromatic N) is 1. The van der Waals surface area contributed by atoms with Gasteiger partial charge in [0.25, 0.3) is 0 Å². The molecule has 2 atom stereocenters. The van der Waals surface area contributed by atoms with Crippen LogP contribution in [0.25, 0.3) is 0 Å². The second-order valence-corrected chi connectivity index (χ2v) is 8.75. The molecule has 21 heavy (non-hydrogen) atoms. The van der Waals surface area contributed by atoms with E-state index in [1.807, 2.05) is 0 Å². The third-order valence-corrected chi connectivity index (χ3v) is 7.14. The molecule has 0 aromatic rings. The number of hydrogen-bond donors (Lipinski definition) is 1. The van der Waals surface area contributed by atoms with Crippen molar-refractivity contribution in [1.82, 2.24) is 4.90 Å². The molecule has 1 amide bonds. The molecule has 0 radical (unpaired) electrons. The van der Waals surface area contributed by atoms with E-state index in [0.717, 1.165) is 37.1 Å². The first-order valence-electron chi connectivity index (χ1n) is 9.08. The zero-order chi connectivity index (χ0) is 14.6. The van der Waals surface area contributed by atoms with Crippen molar-refractivity contribution >= 4 is 5.91 Å². The van der Waals surface area contributed by atoms with Crippen molar-refractivity contribution in [2.24, 2.45) is 34.8 Å². The van der Waals surface area contributed by atoms with E-state index in [2.05, 4.69) is 11.8 Å². The summed E-state index contributed by atoms with van der Waals surface area (Å²) in [5, 5.41) is 0. The fourth-order valence-corrected chi connectivity index (χ4v) is 6.61. The number of carbonyl (C=O) groups excluding carboxylic acids is 1. The molecular weight excluding hydrogens is 260 g/mol. The van der Waals surface area contributed by atoms with Gasteiger partial charge in [0.15, 0.2) is 0 Å². The molecule has 2 unspecified atom stereocenters. The predicted molar refractivity (Wildman–Crippen MR) is 83.6 cm³/mol.